The molecule has 0 spiro atoms. The fourth-order valence-electron chi connectivity index (χ4n) is 5.35. The highest BCUT2D eigenvalue weighted by Gasteiger charge is 2.41. The van der Waals surface area contributed by atoms with Gasteiger partial charge in [-0.1, -0.05) is 60.6 Å². The molecule has 4 unspecified atom stereocenters. The number of rotatable bonds is 10. The lowest BCUT2D eigenvalue weighted by atomic mass is 9.96. The van der Waals surface area contributed by atoms with Gasteiger partial charge in [-0.25, -0.2) is 0 Å². The molecule has 1 aromatic heterocycles. The second-order valence-electron chi connectivity index (χ2n) is 11.0. The molecule has 0 bridgehead atoms. The quantitative estimate of drug-likeness (QED) is 0.322. The van der Waals surface area contributed by atoms with Crippen molar-refractivity contribution in [1.29, 1.82) is 0 Å². The van der Waals surface area contributed by atoms with Gasteiger partial charge in [-0.05, 0) is 50.9 Å². The van der Waals surface area contributed by atoms with Crippen molar-refractivity contribution in [2.75, 3.05) is 26.2 Å². The van der Waals surface area contributed by atoms with Crippen molar-refractivity contribution >= 4 is 11.8 Å². The SMILES string of the molecule is CC.CC.CCn1nccc1-c1ccc(C(CO)NC(=O)C2CC(O)CN2C(=O)C(C)C(C)C)c(OC2CCNCC2)c1. The van der Waals surface area contributed by atoms with Gasteiger partial charge in [0.15, 0.2) is 0 Å². The number of aromatic nitrogens is 2. The maximum absolute atomic E-state index is 13.5. The van der Waals surface area contributed by atoms with Crippen LogP contribution in [0.3, 0.4) is 0 Å². The van der Waals surface area contributed by atoms with Crippen LogP contribution >= 0.6 is 0 Å². The zero-order valence-electron chi connectivity index (χ0n) is 27.5. The lowest BCUT2D eigenvalue weighted by Gasteiger charge is -2.30. The zero-order valence-corrected chi connectivity index (χ0v) is 27.5. The van der Waals surface area contributed by atoms with Gasteiger partial charge in [0.2, 0.25) is 11.8 Å². The average molecular weight is 602 g/mol. The number of ether oxygens (including phenoxy) is 1. The second kappa shape index (κ2) is 18.0. The third-order valence-electron chi connectivity index (χ3n) is 8.03. The maximum Gasteiger partial charge on any atom is 0.243 e. The molecule has 2 aliphatic rings. The molecule has 43 heavy (non-hydrogen) atoms. The molecular formula is C33H55N5O5. The van der Waals surface area contributed by atoms with Gasteiger partial charge in [-0.2, -0.15) is 5.10 Å². The summed E-state index contributed by atoms with van der Waals surface area (Å²) < 4.78 is 8.39. The van der Waals surface area contributed by atoms with Gasteiger partial charge < -0.3 is 30.5 Å². The zero-order chi connectivity index (χ0) is 32.1. The summed E-state index contributed by atoms with van der Waals surface area (Å²) in [6.07, 6.45) is 2.90. The lowest BCUT2D eigenvalue weighted by molar-refractivity contribution is -0.142. The molecule has 10 nitrogen and oxygen atoms in total. The Hall–Kier alpha value is -2.95. The molecular weight excluding hydrogens is 546 g/mol. The summed E-state index contributed by atoms with van der Waals surface area (Å²) in [5.74, 6) is -0.0879. The number of hydrogen-bond donors (Lipinski definition) is 4. The van der Waals surface area contributed by atoms with Gasteiger partial charge in [0.25, 0.3) is 0 Å². The largest absolute Gasteiger partial charge is 0.490 e. The highest BCUT2D eigenvalue weighted by atomic mass is 16.5. The van der Waals surface area contributed by atoms with E-state index in [9.17, 15) is 19.8 Å². The normalized spacial score (nSPS) is 19.9. The molecule has 0 saturated carbocycles. The predicted octanol–water partition coefficient (Wildman–Crippen LogP) is 4.16. The van der Waals surface area contributed by atoms with E-state index in [2.05, 4.69) is 15.7 Å². The van der Waals surface area contributed by atoms with Crippen LogP contribution in [0.4, 0.5) is 0 Å². The number of nitrogens with one attached hydrogen (secondary N) is 2. The Morgan fingerprint density at radius 3 is 2.40 bits per heavy atom. The van der Waals surface area contributed by atoms with E-state index in [0.29, 0.717) is 11.3 Å². The summed E-state index contributed by atoms with van der Waals surface area (Å²) in [4.78, 5) is 28.1. The molecule has 4 N–H and O–H groups in total. The molecule has 1 aromatic carbocycles. The number of likely N-dealkylation sites (tertiary alicyclic amines) is 1. The highest BCUT2D eigenvalue weighted by molar-refractivity contribution is 5.89. The van der Waals surface area contributed by atoms with Gasteiger partial charge >= 0.3 is 0 Å². The van der Waals surface area contributed by atoms with E-state index in [-0.39, 0.29) is 43.4 Å². The molecule has 10 heteroatoms. The van der Waals surface area contributed by atoms with Crippen molar-refractivity contribution in [3.05, 3.63) is 36.0 Å². The van der Waals surface area contributed by atoms with Crippen molar-refractivity contribution in [2.24, 2.45) is 11.8 Å². The molecule has 0 aliphatic carbocycles. The molecule has 2 fully saturated rings. The van der Waals surface area contributed by atoms with Gasteiger partial charge in [0.1, 0.15) is 17.9 Å². The Morgan fingerprint density at radius 2 is 1.79 bits per heavy atom. The van der Waals surface area contributed by atoms with Crippen LogP contribution in [0.2, 0.25) is 0 Å². The number of carbonyl (C=O) groups excluding carboxylic acids is 2. The van der Waals surface area contributed by atoms with Crippen molar-refractivity contribution in [2.45, 2.75) is 105 Å². The molecule has 3 heterocycles. The first-order valence-electron chi connectivity index (χ1n) is 16.2. The van der Waals surface area contributed by atoms with Crippen LogP contribution in [0, 0.1) is 11.8 Å². The van der Waals surface area contributed by atoms with Gasteiger partial charge in [0.05, 0.1) is 24.4 Å². The number of benzene rings is 1. The number of piperidine rings is 1. The van der Waals surface area contributed by atoms with E-state index in [4.69, 9.17) is 4.74 Å². The van der Waals surface area contributed by atoms with Crippen molar-refractivity contribution < 1.29 is 24.5 Å². The number of β-amino-alcohol motifs (C(OH)–C–C–N with tert-alkyl or cyclic N) is 1. The summed E-state index contributed by atoms with van der Waals surface area (Å²) in [7, 11) is 0. The summed E-state index contributed by atoms with van der Waals surface area (Å²) >= 11 is 0. The number of aliphatic hydroxyl groups excluding tert-OH is 2. The van der Waals surface area contributed by atoms with E-state index in [1.807, 2.05) is 84.3 Å². The Morgan fingerprint density at radius 1 is 1.12 bits per heavy atom. The van der Waals surface area contributed by atoms with Gasteiger partial charge in [-0.15, -0.1) is 0 Å². The molecule has 0 radical (unpaired) electrons. The number of hydrogen-bond acceptors (Lipinski definition) is 7. The average Bonchev–Trinajstić information content (AvgIpc) is 3.68. The number of aliphatic hydroxyl groups is 2. The molecule has 2 amide bonds. The van der Waals surface area contributed by atoms with Crippen LogP contribution in [0.15, 0.2) is 30.5 Å². The van der Waals surface area contributed by atoms with Crippen LogP contribution in [0.25, 0.3) is 11.3 Å². The smallest absolute Gasteiger partial charge is 0.243 e. The van der Waals surface area contributed by atoms with Gasteiger partial charge in [0, 0.05) is 42.8 Å². The van der Waals surface area contributed by atoms with E-state index in [0.717, 1.165) is 43.7 Å². The highest BCUT2D eigenvalue weighted by Crippen LogP contribution is 2.33. The lowest BCUT2D eigenvalue weighted by Crippen LogP contribution is -2.49. The molecule has 2 aliphatic heterocycles. The minimum absolute atomic E-state index is 0.0157. The first-order chi connectivity index (χ1) is 20.7. The molecule has 4 atom stereocenters. The van der Waals surface area contributed by atoms with Crippen LogP contribution in [0.5, 0.6) is 5.75 Å². The third kappa shape index (κ3) is 9.27. The van der Waals surface area contributed by atoms with Crippen molar-refractivity contribution in [3.8, 4) is 17.0 Å². The molecule has 4 rings (SSSR count). The fraction of sp³-hybridized carbons (Fsp3) is 0.667. The number of carbonyl (C=O) groups is 2. The standard InChI is InChI=1S/C29H43N5O5.2C2H6/c1-5-34-25(10-13-31-34)20-6-7-23(27(14-20)39-22-8-11-30-12-9-22)24(17-35)32-28(37)26-15-21(36)16-33(26)29(38)19(4)18(2)3;2*1-2/h6-7,10,13-14,18-19,21-22,24,26,30,35-36H,5,8-9,11-12,15-17H2,1-4H3,(H,32,37);2*1-2H3. The number of amides is 2. The van der Waals surface area contributed by atoms with Crippen LogP contribution in [0.1, 0.15) is 86.3 Å². The van der Waals surface area contributed by atoms with E-state index in [1.165, 1.54) is 4.90 Å². The van der Waals surface area contributed by atoms with Crippen LogP contribution in [-0.2, 0) is 16.1 Å². The number of nitrogens with zero attached hydrogens (tertiary/aromatic N) is 3. The van der Waals surface area contributed by atoms with E-state index >= 15 is 0 Å². The summed E-state index contributed by atoms with van der Waals surface area (Å²) in [5.41, 5.74) is 2.56. The van der Waals surface area contributed by atoms with E-state index < -0.39 is 24.1 Å². The monoisotopic (exact) mass is 601 g/mol. The first-order valence-corrected chi connectivity index (χ1v) is 16.2. The summed E-state index contributed by atoms with van der Waals surface area (Å²) in [6.45, 7) is 18.1. The Kier molecular flexibility index (Phi) is 15.2. The molecule has 2 aromatic rings. The fourth-order valence-corrected chi connectivity index (χ4v) is 5.35. The number of aryl methyl sites for hydroxylation is 1. The minimum atomic E-state index is -0.797. The maximum atomic E-state index is 13.5. The first kappa shape index (κ1) is 36.2. The molecule has 242 valence electrons. The van der Waals surface area contributed by atoms with Crippen molar-refractivity contribution in [3.63, 3.8) is 0 Å². The second-order valence-corrected chi connectivity index (χ2v) is 11.0. The van der Waals surface area contributed by atoms with Crippen LogP contribution < -0.4 is 15.4 Å². The topological polar surface area (TPSA) is 129 Å². The Bertz CT molecular complexity index is 1130. The van der Waals surface area contributed by atoms with E-state index in [1.54, 1.807) is 6.20 Å². The minimum Gasteiger partial charge on any atom is -0.490 e. The van der Waals surface area contributed by atoms with Crippen LogP contribution in [-0.4, -0.2) is 81.2 Å². The third-order valence-corrected chi connectivity index (χ3v) is 8.03. The Labute approximate surface area is 258 Å². The molecule has 2 saturated heterocycles. The van der Waals surface area contributed by atoms with Gasteiger partial charge in [-0.3, -0.25) is 14.3 Å². The van der Waals surface area contributed by atoms with Crippen molar-refractivity contribution in [1.82, 2.24) is 25.3 Å². The predicted molar refractivity (Wildman–Crippen MR) is 171 cm³/mol. The summed E-state index contributed by atoms with van der Waals surface area (Å²) in [5, 5.41) is 31.4. The Balaban J connectivity index is 0.00000155. The summed E-state index contributed by atoms with van der Waals surface area (Å²) in [6, 6.07) is 6.20.